The number of carbonyl (C=O) groups is 1. The number of carboxylic acids is 1. The molecule has 0 unspecified atom stereocenters. The molecule has 0 spiro atoms. The van der Waals surface area contributed by atoms with Gasteiger partial charge in [-0.2, -0.15) is 17.4 Å². The molecule has 22 heavy (non-hydrogen) atoms. The van der Waals surface area contributed by atoms with Gasteiger partial charge in [0.2, 0.25) is 0 Å². The molecule has 1 aliphatic heterocycles. The quantitative estimate of drug-likeness (QED) is 0.320. The first-order valence-corrected chi connectivity index (χ1v) is 8.75. The Kier molecular flexibility index (Phi) is 5.14. The number of aliphatic carboxylic acids is 1. The van der Waals surface area contributed by atoms with Crippen molar-refractivity contribution in [1.29, 1.82) is 0 Å². The summed E-state index contributed by atoms with van der Waals surface area (Å²) in [5.74, 6) is -1.81. The van der Waals surface area contributed by atoms with Crippen LogP contribution < -0.4 is 10.5 Å². The molecule has 1 saturated heterocycles. The minimum Gasteiger partial charge on any atom is -0.480 e. The standard InChI is InChI=1S/C11H22BN3O6S/c13-11(10(16)17)7-15(22(20,21)14-9-3-4-9)6-8(11)2-1-5-12(18)19/h8-9,14,18-19H,1-7,13H2,(H,16,17)/t8-,11-/m0/s1. The van der Waals surface area contributed by atoms with Crippen molar-refractivity contribution in [3.05, 3.63) is 0 Å². The molecule has 0 amide bonds. The SMILES string of the molecule is N[C@@]1(C(=O)O)CN(S(=O)(=O)NC2CC2)C[C@@H]1CCCB(O)O. The van der Waals surface area contributed by atoms with E-state index in [9.17, 15) is 18.3 Å². The van der Waals surface area contributed by atoms with Gasteiger partial charge in [-0.1, -0.05) is 6.42 Å². The molecule has 11 heteroatoms. The van der Waals surface area contributed by atoms with Gasteiger partial charge in [-0.25, -0.2) is 0 Å². The second-order valence-electron chi connectivity index (χ2n) is 6.14. The summed E-state index contributed by atoms with van der Waals surface area (Å²) in [6, 6.07) is -0.0643. The average molecular weight is 335 g/mol. The Hall–Kier alpha value is -0.715. The van der Waals surface area contributed by atoms with Gasteiger partial charge in [0.05, 0.1) is 0 Å². The van der Waals surface area contributed by atoms with Crippen LogP contribution in [0.1, 0.15) is 25.7 Å². The van der Waals surface area contributed by atoms with Crippen molar-refractivity contribution < 1.29 is 28.4 Å². The Morgan fingerprint density at radius 2 is 2.05 bits per heavy atom. The van der Waals surface area contributed by atoms with Crippen LogP contribution in [0.4, 0.5) is 0 Å². The van der Waals surface area contributed by atoms with Crippen LogP contribution in [0.15, 0.2) is 0 Å². The summed E-state index contributed by atoms with van der Waals surface area (Å²) in [4.78, 5) is 11.5. The molecule has 1 saturated carbocycles. The molecule has 0 aromatic carbocycles. The number of hydrogen-bond donors (Lipinski definition) is 5. The van der Waals surface area contributed by atoms with Crippen molar-refractivity contribution in [2.45, 2.75) is 43.6 Å². The van der Waals surface area contributed by atoms with E-state index in [2.05, 4.69) is 4.72 Å². The number of nitrogens with zero attached hydrogens (tertiary/aromatic N) is 1. The monoisotopic (exact) mass is 335 g/mol. The highest BCUT2D eigenvalue weighted by Gasteiger charge is 2.52. The molecule has 6 N–H and O–H groups in total. The minimum absolute atomic E-state index is 0.0202. The Balaban J connectivity index is 2.05. The van der Waals surface area contributed by atoms with Crippen molar-refractivity contribution in [2.75, 3.05) is 13.1 Å². The maximum absolute atomic E-state index is 12.2. The molecule has 9 nitrogen and oxygen atoms in total. The molecule has 0 bridgehead atoms. The normalized spacial score (nSPS) is 29.7. The zero-order valence-electron chi connectivity index (χ0n) is 12.2. The van der Waals surface area contributed by atoms with Crippen LogP contribution in [0.3, 0.4) is 0 Å². The van der Waals surface area contributed by atoms with E-state index >= 15 is 0 Å². The second kappa shape index (κ2) is 6.42. The summed E-state index contributed by atoms with van der Waals surface area (Å²) in [5, 5.41) is 27.1. The third-order valence-electron chi connectivity index (χ3n) is 4.24. The first-order valence-electron chi connectivity index (χ1n) is 7.31. The number of hydrogen-bond acceptors (Lipinski definition) is 6. The van der Waals surface area contributed by atoms with E-state index in [0.717, 1.165) is 17.1 Å². The van der Waals surface area contributed by atoms with Gasteiger partial charge >= 0.3 is 13.1 Å². The van der Waals surface area contributed by atoms with E-state index in [1.807, 2.05) is 0 Å². The van der Waals surface area contributed by atoms with Crippen LogP contribution in [0, 0.1) is 5.92 Å². The van der Waals surface area contributed by atoms with E-state index in [4.69, 9.17) is 15.8 Å². The lowest BCUT2D eigenvalue weighted by molar-refractivity contribution is -0.144. The largest absolute Gasteiger partial charge is 0.480 e. The van der Waals surface area contributed by atoms with Crippen LogP contribution in [-0.2, 0) is 15.0 Å². The molecule has 0 radical (unpaired) electrons. The summed E-state index contributed by atoms with van der Waals surface area (Å²) in [7, 11) is -5.20. The van der Waals surface area contributed by atoms with Crippen LogP contribution in [0.5, 0.6) is 0 Å². The van der Waals surface area contributed by atoms with Crippen molar-refractivity contribution in [3.63, 3.8) is 0 Å². The van der Waals surface area contributed by atoms with Gasteiger partial charge in [-0.15, -0.1) is 0 Å². The summed E-state index contributed by atoms with van der Waals surface area (Å²) in [6.45, 7) is -0.261. The van der Waals surface area contributed by atoms with Crippen LogP contribution in [-0.4, -0.2) is 65.6 Å². The van der Waals surface area contributed by atoms with Crippen molar-refractivity contribution in [3.8, 4) is 0 Å². The maximum Gasteiger partial charge on any atom is 0.451 e. The molecule has 1 aliphatic carbocycles. The molecule has 2 rings (SSSR count). The summed E-state index contributed by atoms with van der Waals surface area (Å²) >= 11 is 0. The number of rotatable bonds is 8. The smallest absolute Gasteiger partial charge is 0.451 e. The van der Waals surface area contributed by atoms with Crippen molar-refractivity contribution in [1.82, 2.24) is 9.03 Å². The number of nitrogens with one attached hydrogen (secondary N) is 1. The van der Waals surface area contributed by atoms with Gasteiger partial charge in [0.15, 0.2) is 0 Å². The van der Waals surface area contributed by atoms with E-state index in [0.29, 0.717) is 12.8 Å². The Morgan fingerprint density at radius 3 is 2.55 bits per heavy atom. The molecule has 0 aromatic rings. The molecule has 2 aliphatic rings. The van der Waals surface area contributed by atoms with E-state index < -0.39 is 34.8 Å². The molecular formula is C11H22BN3O6S. The lowest BCUT2D eigenvalue weighted by Gasteiger charge is -2.25. The van der Waals surface area contributed by atoms with Gasteiger partial charge in [0.1, 0.15) is 5.54 Å². The Morgan fingerprint density at radius 1 is 1.41 bits per heavy atom. The number of carboxylic acid groups (broad SMARTS) is 1. The van der Waals surface area contributed by atoms with E-state index in [1.54, 1.807) is 0 Å². The highest BCUT2D eigenvalue weighted by molar-refractivity contribution is 7.87. The molecule has 126 valence electrons. The fourth-order valence-electron chi connectivity index (χ4n) is 2.70. The third-order valence-corrected chi connectivity index (χ3v) is 5.83. The second-order valence-corrected chi connectivity index (χ2v) is 7.85. The van der Waals surface area contributed by atoms with Crippen molar-refractivity contribution >= 4 is 23.3 Å². The fourth-order valence-corrected chi connectivity index (χ4v) is 4.27. The van der Waals surface area contributed by atoms with Crippen LogP contribution >= 0.6 is 0 Å². The molecular weight excluding hydrogens is 313 g/mol. The van der Waals surface area contributed by atoms with E-state index in [-0.39, 0.29) is 25.5 Å². The van der Waals surface area contributed by atoms with Gasteiger partial charge < -0.3 is 20.9 Å². The highest BCUT2D eigenvalue weighted by Crippen LogP contribution is 2.32. The fraction of sp³-hybridized carbons (Fsp3) is 0.909. The summed E-state index contributed by atoms with van der Waals surface area (Å²) < 4.78 is 28.0. The topological polar surface area (TPSA) is 153 Å². The van der Waals surface area contributed by atoms with Gasteiger partial charge in [0, 0.05) is 25.0 Å². The third kappa shape index (κ3) is 3.97. The lowest BCUT2D eigenvalue weighted by Crippen LogP contribution is -2.55. The van der Waals surface area contributed by atoms with Crippen molar-refractivity contribution in [2.24, 2.45) is 11.7 Å². The zero-order chi connectivity index (χ0) is 16.5. The minimum atomic E-state index is -3.73. The van der Waals surface area contributed by atoms with Gasteiger partial charge in [0.25, 0.3) is 10.2 Å². The first kappa shape index (κ1) is 17.6. The number of nitrogens with two attached hydrogens (primary N) is 1. The highest BCUT2D eigenvalue weighted by atomic mass is 32.2. The first-order chi connectivity index (χ1) is 10.1. The van der Waals surface area contributed by atoms with E-state index in [1.165, 1.54) is 0 Å². The van der Waals surface area contributed by atoms with Gasteiger partial charge in [-0.05, 0) is 25.6 Å². The average Bonchev–Trinajstić information content (AvgIpc) is 3.11. The molecule has 1 heterocycles. The summed E-state index contributed by atoms with van der Waals surface area (Å²) in [6.07, 6.45) is 2.35. The maximum atomic E-state index is 12.2. The summed E-state index contributed by atoms with van der Waals surface area (Å²) in [5.41, 5.74) is 4.28. The Bertz CT molecular complexity index is 526. The van der Waals surface area contributed by atoms with Gasteiger partial charge in [-0.3, -0.25) is 4.79 Å². The predicted octanol–water partition coefficient (Wildman–Crippen LogP) is -2.05. The Labute approximate surface area is 129 Å². The van der Waals surface area contributed by atoms with Crippen LogP contribution in [0.25, 0.3) is 0 Å². The molecule has 0 aromatic heterocycles. The zero-order valence-corrected chi connectivity index (χ0v) is 13.0. The van der Waals surface area contributed by atoms with Crippen LogP contribution in [0.2, 0.25) is 6.32 Å². The molecule has 2 fully saturated rings. The predicted molar refractivity (Wildman–Crippen MR) is 78.9 cm³/mol. The lowest BCUT2D eigenvalue weighted by atomic mass is 9.78. The molecule has 2 atom stereocenters.